The number of halogens is 2. The molecule has 0 aliphatic rings. The Hall–Kier alpha value is -2.69. The molecule has 0 bridgehead atoms. The summed E-state index contributed by atoms with van der Waals surface area (Å²) in [7, 11) is 0. The standard InChI is InChI=1S/C19H12Cl2N2O2/c20-16-7-3-13(4-8-16)18(14-5-9-17(21)10-6-14)23-25-19(24)15-2-1-11-22-12-15/h1-12H. The van der Waals surface area contributed by atoms with Crippen molar-refractivity contribution in [3.05, 3.63) is 99.8 Å². The van der Waals surface area contributed by atoms with Crippen LogP contribution in [0.25, 0.3) is 0 Å². The highest BCUT2D eigenvalue weighted by Crippen LogP contribution is 2.17. The van der Waals surface area contributed by atoms with Crippen molar-refractivity contribution in [2.45, 2.75) is 0 Å². The molecule has 1 aromatic heterocycles. The van der Waals surface area contributed by atoms with Gasteiger partial charge in [-0.15, -0.1) is 0 Å². The van der Waals surface area contributed by atoms with Crippen LogP contribution in [0.15, 0.2) is 78.2 Å². The largest absolute Gasteiger partial charge is 0.367 e. The maximum absolute atomic E-state index is 12.1. The van der Waals surface area contributed by atoms with Crippen LogP contribution in [0.1, 0.15) is 21.5 Å². The monoisotopic (exact) mass is 370 g/mol. The SMILES string of the molecule is O=C(ON=C(c1ccc(Cl)cc1)c1ccc(Cl)cc1)c1cccnc1. The topological polar surface area (TPSA) is 51.5 Å². The van der Waals surface area contributed by atoms with E-state index in [4.69, 9.17) is 28.0 Å². The van der Waals surface area contributed by atoms with Gasteiger partial charge in [0.05, 0.1) is 5.56 Å². The van der Waals surface area contributed by atoms with Crippen molar-refractivity contribution < 1.29 is 9.63 Å². The zero-order valence-corrected chi connectivity index (χ0v) is 14.4. The summed E-state index contributed by atoms with van der Waals surface area (Å²) in [4.78, 5) is 21.1. The van der Waals surface area contributed by atoms with E-state index in [0.29, 0.717) is 21.3 Å². The van der Waals surface area contributed by atoms with Crippen LogP contribution in [0.2, 0.25) is 10.0 Å². The zero-order valence-electron chi connectivity index (χ0n) is 12.9. The van der Waals surface area contributed by atoms with E-state index < -0.39 is 5.97 Å². The molecule has 0 spiro atoms. The first kappa shape index (κ1) is 17.1. The van der Waals surface area contributed by atoms with Crippen LogP contribution in [0.4, 0.5) is 0 Å². The summed E-state index contributed by atoms with van der Waals surface area (Å²) in [5, 5.41) is 5.26. The number of pyridine rings is 1. The first-order valence-corrected chi connectivity index (χ1v) is 8.10. The number of hydrogen-bond donors (Lipinski definition) is 0. The van der Waals surface area contributed by atoms with Gasteiger partial charge in [-0.3, -0.25) is 4.98 Å². The van der Waals surface area contributed by atoms with Crippen molar-refractivity contribution in [1.82, 2.24) is 4.98 Å². The number of hydrogen-bond acceptors (Lipinski definition) is 4. The second kappa shape index (κ2) is 7.92. The predicted molar refractivity (Wildman–Crippen MR) is 98.2 cm³/mol. The maximum atomic E-state index is 12.1. The summed E-state index contributed by atoms with van der Waals surface area (Å²) in [5.74, 6) is -0.589. The van der Waals surface area contributed by atoms with Crippen LogP contribution in [-0.4, -0.2) is 16.7 Å². The highest BCUT2D eigenvalue weighted by molar-refractivity contribution is 6.31. The lowest BCUT2D eigenvalue weighted by atomic mass is 10.0. The minimum Gasteiger partial charge on any atom is -0.312 e. The van der Waals surface area contributed by atoms with Gasteiger partial charge in [-0.1, -0.05) is 52.6 Å². The van der Waals surface area contributed by atoms with E-state index in [1.807, 2.05) is 0 Å². The van der Waals surface area contributed by atoms with E-state index in [0.717, 1.165) is 11.1 Å². The Kier molecular flexibility index (Phi) is 5.43. The fourth-order valence-corrected chi connectivity index (χ4v) is 2.36. The quantitative estimate of drug-likeness (QED) is 0.369. The van der Waals surface area contributed by atoms with Crippen LogP contribution < -0.4 is 0 Å². The molecule has 0 amide bonds. The van der Waals surface area contributed by atoms with E-state index in [1.165, 1.54) is 6.20 Å². The average molecular weight is 371 g/mol. The summed E-state index contributed by atoms with van der Waals surface area (Å²) < 4.78 is 0. The molecule has 0 atom stereocenters. The summed E-state index contributed by atoms with van der Waals surface area (Å²) in [5.41, 5.74) is 2.32. The van der Waals surface area contributed by atoms with Crippen molar-refractivity contribution in [1.29, 1.82) is 0 Å². The van der Waals surface area contributed by atoms with Gasteiger partial charge < -0.3 is 4.84 Å². The summed E-state index contributed by atoms with van der Waals surface area (Å²) in [6.07, 6.45) is 3.00. The Labute approximate surface area is 154 Å². The highest BCUT2D eigenvalue weighted by atomic mass is 35.5. The Morgan fingerprint density at radius 1 is 0.840 bits per heavy atom. The lowest BCUT2D eigenvalue weighted by Gasteiger charge is -2.07. The number of rotatable bonds is 4. The first-order chi connectivity index (χ1) is 12.1. The van der Waals surface area contributed by atoms with Crippen LogP contribution in [0.5, 0.6) is 0 Å². The third kappa shape index (κ3) is 4.44. The fraction of sp³-hybridized carbons (Fsp3) is 0. The number of benzene rings is 2. The summed E-state index contributed by atoms with van der Waals surface area (Å²) in [6.45, 7) is 0. The van der Waals surface area contributed by atoms with Crippen molar-refractivity contribution in [3.8, 4) is 0 Å². The first-order valence-electron chi connectivity index (χ1n) is 7.35. The molecule has 2 aromatic carbocycles. The number of carbonyl (C=O) groups excluding carboxylic acids is 1. The summed E-state index contributed by atoms with van der Waals surface area (Å²) >= 11 is 11.9. The van der Waals surface area contributed by atoms with Crippen molar-refractivity contribution in [2.75, 3.05) is 0 Å². The molecule has 25 heavy (non-hydrogen) atoms. The molecule has 0 saturated carbocycles. The van der Waals surface area contributed by atoms with Crippen molar-refractivity contribution in [2.24, 2.45) is 5.16 Å². The Morgan fingerprint density at radius 3 is 1.88 bits per heavy atom. The lowest BCUT2D eigenvalue weighted by Crippen LogP contribution is -2.08. The Balaban J connectivity index is 1.94. The molecule has 0 N–H and O–H groups in total. The van der Waals surface area contributed by atoms with Gasteiger partial charge in [0, 0.05) is 33.6 Å². The number of carbonyl (C=O) groups is 1. The van der Waals surface area contributed by atoms with Gasteiger partial charge in [-0.2, -0.15) is 0 Å². The lowest BCUT2D eigenvalue weighted by molar-refractivity contribution is 0.0516. The van der Waals surface area contributed by atoms with E-state index in [1.54, 1.807) is 66.9 Å². The number of oxime groups is 1. The van der Waals surface area contributed by atoms with Crippen LogP contribution in [0, 0.1) is 0 Å². The number of nitrogens with zero attached hydrogens (tertiary/aromatic N) is 2. The van der Waals surface area contributed by atoms with Crippen LogP contribution in [0.3, 0.4) is 0 Å². The minimum atomic E-state index is -0.589. The third-order valence-electron chi connectivity index (χ3n) is 3.35. The Bertz CT molecular complexity index is 845. The molecular formula is C19H12Cl2N2O2. The molecule has 0 aliphatic heterocycles. The fourth-order valence-electron chi connectivity index (χ4n) is 2.11. The molecular weight excluding hydrogens is 359 g/mol. The van der Waals surface area contributed by atoms with Gasteiger partial charge >= 0.3 is 5.97 Å². The van der Waals surface area contributed by atoms with Crippen LogP contribution >= 0.6 is 23.2 Å². The molecule has 0 radical (unpaired) electrons. The molecule has 3 aromatic rings. The van der Waals surface area contributed by atoms with E-state index in [2.05, 4.69) is 10.1 Å². The van der Waals surface area contributed by atoms with Gasteiger partial charge in [-0.25, -0.2) is 4.79 Å². The molecule has 0 fully saturated rings. The van der Waals surface area contributed by atoms with E-state index in [-0.39, 0.29) is 0 Å². The predicted octanol–water partition coefficient (Wildman–Crippen LogP) is 5.00. The summed E-state index contributed by atoms with van der Waals surface area (Å²) in [6, 6.07) is 17.4. The average Bonchev–Trinajstić information content (AvgIpc) is 2.65. The molecule has 0 unspecified atom stereocenters. The maximum Gasteiger partial charge on any atom is 0.367 e. The van der Waals surface area contributed by atoms with Crippen molar-refractivity contribution >= 4 is 34.9 Å². The molecule has 6 heteroatoms. The normalized spacial score (nSPS) is 10.2. The van der Waals surface area contributed by atoms with Gasteiger partial charge in [0.15, 0.2) is 0 Å². The van der Waals surface area contributed by atoms with Gasteiger partial charge in [-0.05, 0) is 36.4 Å². The molecule has 124 valence electrons. The molecule has 0 saturated heterocycles. The molecule has 4 nitrogen and oxygen atoms in total. The smallest absolute Gasteiger partial charge is 0.312 e. The van der Waals surface area contributed by atoms with Gasteiger partial charge in [0.2, 0.25) is 0 Å². The van der Waals surface area contributed by atoms with Crippen LogP contribution in [-0.2, 0) is 4.84 Å². The van der Waals surface area contributed by atoms with E-state index >= 15 is 0 Å². The number of aromatic nitrogens is 1. The van der Waals surface area contributed by atoms with E-state index in [9.17, 15) is 4.79 Å². The Morgan fingerprint density at radius 2 is 1.40 bits per heavy atom. The second-order valence-corrected chi connectivity index (χ2v) is 5.95. The molecule has 1 heterocycles. The third-order valence-corrected chi connectivity index (χ3v) is 3.86. The molecule has 3 rings (SSSR count). The zero-order chi connectivity index (χ0) is 17.6. The van der Waals surface area contributed by atoms with Crippen molar-refractivity contribution in [3.63, 3.8) is 0 Å². The minimum absolute atomic E-state index is 0.317. The van der Waals surface area contributed by atoms with Gasteiger partial charge in [0.25, 0.3) is 0 Å². The second-order valence-electron chi connectivity index (χ2n) is 5.07. The van der Waals surface area contributed by atoms with Gasteiger partial charge in [0.1, 0.15) is 5.71 Å². The molecule has 0 aliphatic carbocycles. The highest BCUT2D eigenvalue weighted by Gasteiger charge is 2.12.